The van der Waals surface area contributed by atoms with Crippen LogP contribution in [0.15, 0.2) is 48.5 Å². The van der Waals surface area contributed by atoms with Crippen LogP contribution in [0.25, 0.3) is 0 Å². The maximum Gasteiger partial charge on any atom is 0.119 e. The summed E-state index contributed by atoms with van der Waals surface area (Å²) in [5, 5.41) is 9.03. The van der Waals surface area contributed by atoms with Gasteiger partial charge >= 0.3 is 0 Å². The summed E-state index contributed by atoms with van der Waals surface area (Å²) in [5.74, 6) is 7.28. The van der Waals surface area contributed by atoms with Gasteiger partial charge < -0.3 is 9.84 Å². The first-order valence-corrected chi connectivity index (χ1v) is 8.72. The quantitative estimate of drug-likeness (QED) is 0.542. The van der Waals surface area contributed by atoms with E-state index >= 15 is 0 Å². The van der Waals surface area contributed by atoms with E-state index in [0.717, 1.165) is 28.9 Å². The Kier molecular flexibility index (Phi) is 7.93. The SMILES string of the molecule is CCCCCCC#Cc1ccc(COc2ccc(CO)cc2)cc1. The van der Waals surface area contributed by atoms with Crippen LogP contribution in [0.4, 0.5) is 0 Å². The molecule has 0 radical (unpaired) electrons. The van der Waals surface area contributed by atoms with Gasteiger partial charge in [-0.05, 0) is 41.8 Å². The molecule has 1 N–H and O–H groups in total. The number of aliphatic hydroxyl groups is 1. The van der Waals surface area contributed by atoms with E-state index in [1.807, 2.05) is 36.4 Å². The average molecular weight is 322 g/mol. The van der Waals surface area contributed by atoms with E-state index in [2.05, 4.69) is 30.9 Å². The van der Waals surface area contributed by atoms with Gasteiger partial charge in [0.2, 0.25) is 0 Å². The summed E-state index contributed by atoms with van der Waals surface area (Å²) in [5.41, 5.74) is 3.07. The zero-order valence-corrected chi connectivity index (χ0v) is 14.4. The lowest BCUT2D eigenvalue weighted by Crippen LogP contribution is -1.95. The van der Waals surface area contributed by atoms with Crippen molar-refractivity contribution in [3.63, 3.8) is 0 Å². The Hall–Kier alpha value is -2.24. The molecule has 2 aromatic rings. The van der Waals surface area contributed by atoms with Crippen LogP contribution in [-0.2, 0) is 13.2 Å². The highest BCUT2D eigenvalue weighted by Crippen LogP contribution is 2.14. The molecular formula is C22H26O2. The molecule has 0 amide bonds. The van der Waals surface area contributed by atoms with Crippen molar-refractivity contribution in [1.82, 2.24) is 0 Å². The van der Waals surface area contributed by atoms with Crippen molar-refractivity contribution in [2.75, 3.05) is 0 Å². The molecule has 2 rings (SSSR count). The third-order valence-electron chi connectivity index (χ3n) is 3.85. The lowest BCUT2D eigenvalue weighted by Gasteiger charge is -2.07. The van der Waals surface area contributed by atoms with E-state index in [9.17, 15) is 0 Å². The van der Waals surface area contributed by atoms with E-state index < -0.39 is 0 Å². The Morgan fingerprint density at radius 1 is 0.875 bits per heavy atom. The highest BCUT2D eigenvalue weighted by atomic mass is 16.5. The monoisotopic (exact) mass is 322 g/mol. The molecule has 0 spiro atoms. The Morgan fingerprint density at radius 2 is 1.58 bits per heavy atom. The predicted octanol–water partition coefficient (Wildman–Crippen LogP) is 5.08. The Balaban J connectivity index is 1.78. The van der Waals surface area contributed by atoms with Crippen molar-refractivity contribution >= 4 is 0 Å². The van der Waals surface area contributed by atoms with Crippen LogP contribution >= 0.6 is 0 Å². The molecule has 0 bridgehead atoms. The predicted molar refractivity (Wildman–Crippen MR) is 98.8 cm³/mol. The highest BCUT2D eigenvalue weighted by molar-refractivity contribution is 5.36. The minimum atomic E-state index is 0.0569. The van der Waals surface area contributed by atoms with Gasteiger partial charge in [0.1, 0.15) is 12.4 Å². The molecule has 0 aromatic heterocycles. The zero-order chi connectivity index (χ0) is 17.0. The molecule has 0 fully saturated rings. The fourth-order valence-corrected chi connectivity index (χ4v) is 2.35. The lowest BCUT2D eigenvalue weighted by molar-refractivity contribution is 0.280. The second-order valence-electron chi connectivity index (χ2n) is 5.90. The van der Waals surface area contributed by atoms with Crippen LogP contribution in [-0.4, -0.2) is 5.11 Å². The number of benzene rings is 2. The van der Waals surface area contributed by atoms with Crippen LogP contribution in [0.3, 0.4) is 0 Å². The molecule has 0 aliphatic carbocycles. The molecule has 0 heterocycles. The third-order valence-corrected chi connectivity index (χ3v) is 3.85. The maximum atomic E-state index is 9.03. The Bertz CT molecular complexity index is 645. The fourth-order valence-electron chi connectivity index (χ4n) is 2.35. The summed E-state index contributed by atoms with van der Waals surface area (Å²) in [6, 6.07) is 15.7. The molecule has 2 nitrogen and oxygen atoms in total. The standard InChI is InChI=1S/C22H26O2/c1-2-3-4-5-6-7-8-19-9-11-21(12-10-19)18-24-22-15-13-20(17-23)14-16-22/h9-16,23H,2-6,17-18H2,1H3. The zero-order valence-electron chi connectivity index (χ0n) is 14.4. The van der Waals surface area contributed by atoms with Crippen molar-refractivity contribution < 1.29 is 9.84 Å². The van der Waals surface area contributed by atoms with Crippen molar-refractivity contribution in [3.8, 4) is 17.6 Å². The van der Waals surface area contributed by atoms with Crippen molar-refractivity contribution in [2.24, 2.45) is 0 Å². The van der Waals surface area contributed by atoms with Gasteiger partial charge in [0.15, 0.2) is 0 Å². The van der Waals surface area contributed by atoms with Crippen LogP contribution in [0.5, 0.6) is 5.75 Å². The fraction of sp³-hybridized carbons (Fsp3) is 0.364. The number of aliphatic hydroxyl groups excluding tert-OH is 1. The molecule has 0 saturated heterocycles. The smallest absolute Gasteiger partial charge is 0.119 e. The topological polar surface area (TPSA) is 29.5 Å². The summed E-state index contributed by atoms with van der Waals surface area (Å²) in [6.45, 7) is 2.81. The normalized spacial score (nSPS) is 10.1. The van der Waals surface area contributed by atoms with Crippen LogP contribution in [0, 0.1) is 11.8 Å². The highest BCUT2D eigenvalue weighted by Gasteiger charge is 1.97. The first-order chi connectivity index (χ1) is 11.8. The number of rotatable bonds is 8. The molecule has 0 aliphatic heterocycles. The van der Waals surface area contributed by atoms with Crippen molar-refractivity contribution in [1.29, 1.82) is 0 Å². The minimum absolute atomic E-state index is 0.0569. The van der Waals surface area contributed by atoms with Gasteiger partial charge in [0, 0.05) is 12.0 Å². The van der Waals surface area contributed by atoms with E-state index in [1.54, 1.807) is 0 Å². The second-order valence-corrected chi connectivity index (χ2v) is 5.90. The Labute approximate surface area is 145 Å². The molecule has 2 aromatic carbocycles. The molecular weight excluding hydrogens is 296 g/mol. The maximum absolute atomic E-state index is 9.03. The molecule has 0 unspecified atom stereocenters. The summed E-state index contributed by atoms with van der Waals surface area (Å²) < 4.78 is 5.75. The lowest BCUT2D eigenvalue weighted by atomic mass is 10.1. The van der Waals surface area contributed by atoms with Crippen molar-refractivity contribution in [2.45, 2.75) is 52.2 Å². The number of hydrogen-bond donors (Lipinski definition) is 1. The molecule has 0 aliphatic rings. The van der Waals surface area contributed by atoms with Gasteiger partial charge in [-0.15, -0.1) is 0 Å². The first-order valence-electron chi connectivity index (χ1n) is 8.72. The van der Waals surface area contributed by atoms with Gasteiger partial charge in [-0.2, -0.15) is 0 Å². The van der Waals surface area contributed by atoms with Gasteiger partial charge in [-0.1, -0.05) is 62.3 Å². The van der Waals surface area contributed by atoms with Gasteiger partial charge in [-0.3, -0.25) is 0 Å². The number of ether oxygens (including phenoxy) is 1. The second kappa shape index (κ2) is 10.5. The summed E-state index contributed by atoms with van der Waals surface area (Å²) in [4.78, 5) is 0. The van der Waals surface area contributed by atoms with Gasteiger partial charge in [-0.25, -0.2) is 0 Å². The van der Waals surface area contributed by atoms with Crippen molar-refractivity contribution in [3.05, 3.63) is 65.2 Å². The van der Waals surface area contributed by atoms with E-state index in [0.29, 0.717) is 6.61 Å². The minimum Gasteiger partial charge on any atom is -0.489 e. The Morgan fingerprint density at radius 3 is 2.25 bits per heavy atom. The van der Waals surface area contributed by atoms with E-state index in [-0.39, 0.29) is 6.61 Å². The average Bonchev–Trinajstić information content (AvgIpc) is 2.64. The van der Waals surface area contributed by atoms with E-state index in [1.165, 1.54) is 25.7 Å². The molecule has 126 valence electrons. The molecule has 24 heavy (non-hydrogen) atoms. The molecule has 0 saturated carbocycles. The first kappa shape index (κ1) is 18.1. The number of unbranched alkanes of at least 4 members (excludes halogenated alkanes) is 4. The van der Waals surface area contributed by atoms with Crippen LogP contribution < -0.4 is 4.74 Å². The molecule has 2 heteroatoms. The molecule has 0 atom stereocenters. The van der Waals surface area contributed by atoms with Gasteiger partial charge in [0.25, 0.3) is 0 Å². The summed E-state index contributed by atoms with van der Waals surface area (Å²) >= 11 is 0. The summed E-state index contributed by atoms with van der Waals surface area (Å²) in [7, 11) is 0. The third kappa shape index (κ3) is 6.48. The summed E-state index contributed by atoms with van der Waals surface area (Å²) in [6.07, 6.45) is 6.03. The van der Waals surface area contributed by atoms with Crippen LogP contribution in [0.2, 0.25) is 0 Å². The van der Waals surface area contributed by atoms with Crippen LogP contribution in [0.1, 0.15) is 55.7 Å². The van der Waals surface area contributed by atoms with E-state index in [4.69, 9.17) is 9.84 Å². The number of hydrogen-bond acceptors (Lipinski definition) is 2. The largest absolute Gasteiger partial charge is 0.489 e. The van der Waals surface area contributed by atoms with Gasteiger partial charge in [0.05, 0.1) is 6.61 Å².